The summed E-state index contributed by atoms with van der Waals surface area (Å²) in [7, 11) is -0.292. The van der Waals surface area contributed by atoms with Crippen molar-refractivity contribution in [1.82, 2.24) is 23.4 Å². The number of fused-ring (bicyclic) bond motifs is 1. The molecule has 16 heavy (non-hydrogen) atoms. The van der Waals surface area contributed by atoms with Crippen molar-refractivity contribution in [2.45, 2.75) is 20.0 Å². The van der Waals surface area contributed by atoms with Crippen molar-refractivity contribution in [2.75, 3.05) is 20.6 Å². The van der Waals surface area contributed by atoms with Gasteiger partial charge < -0.3 is 4.57 Å². The summed E-state index contributed by atoms with van der Waals surface area (Å²) in [6, 6.07) is 0. The first-order valence-electron chi connectivity index (χ1n) is 4.99. The second-order valence-electron chi connectivity index (χ2n) is 3.94. The zero-order valence-electron chi connectivity index (χ0n) is 9.58. The second kappa shape index (κ2) is 3.79. The van der Waals surface area contributed by atoms with Gasteiger partial charge in [0.25, 0.3) is 10.2 Å². The minimum atomic E-state index is -3.35. The van der Waals surface area contributed by atoms with Gasteiger partial charge in [0.05, 0.1) is 6.54 Å². The van der Waals surface area contributed by atoms with Crippen molar-refractivity contribution in [3.63, 3.8) is 0 Å². The Labute approximate surface area is 94.9 Å². The quantitative estimate of drug-likeness (QED) is 0.684. The van der Waals surface area contributed by atoms with E-state index in [1.165, 1.54) is 22.7 Å². The van der Waals surface area contributed by atoms with Gasteiger partial charge in [-0.05, 0) is 6.92 Å². The third kappa shape index (κ3) is 1.72. The van der Waals surface area contributed by atoms with Crippen molar-refractivity contribution < 1.29 is 8.42 Å². The summed E-state index contributed by atoms with van der Waals surface area (Å²) in [5.74, 6) is 1.53. The van der Waals surface area contributed by atoms with E-state index in [9.17, 15) is 8.42 Å². The van der Waals surface area contributed by atoms with Gasteiger partial charge in [-0.1, -0.05) is 0 Å². The van der Waals surface area contributed by atoms with Gasteiger partial charge in [0, 0.05) is 27.2 Å². The molecule has 2 heterocycles. The smallest absolute Gasteiger partial charge is 0.281 e. The molecule has 0 atom stereocenters. The van der Waals surface area contributed by atoms with Gasteiger partial charge in [0.2, 0.25) is 0 Å². The van der Waals surface area contributed by atoms with E-state index in [4.69, 9.17) is 0 Å². The summed E-state index contributed by atoms with van der Waals surface area (Å²) in [5, 5.41) is 7.91. The van der Waals surface area contributed by atoms with E-state index >= 15 is 0 Å². The van der Waals surface area contributed by atoms with E-state index in [1.807, 2.05) is 11.5 Å². The minimum Gasteiger partial charge on any atom is -0.313 e. The zero-order chi connectivity index (χ0) is 11.9. The molecule has 0 N–H and O–H groups in total. The molecule has 0 fully saturated rings. The molecule has 2 rings (SSSR count). The predicted molar refractivity (Wildman–Crippen MR) is 57.8 cm³/mol. The largest absolute Gasteiger partial charge is 0.313 e. The number of aryl methyl sites for hydroxylation is 1. The number of rotatable bonds is 2. The Balaban J connectivity index is 2.27. The van der Waals surface area contributed by atoms with Crippen LogP contribution in [0.3, 0.4) is 0 Å². The van der Waals surface area contributed by atoms with Crippen LogP contribution in [0, 0.1) is 6.92 Å². The van der Waals surface area contributed by atoms with Gasteiger partial charge in [-0.2, -0.15) is 17.0 Å². The molecule has 0 amide bonds. The molecule has 0 aromatic carbocycles. The lowest BCUT2D eigenvalue weighted by Crippen LogP contribution is -2.44. The molecule has 0 saturated heterocycles. The first kappa shape index (κ1) is 11.5. The predicted octanol–water partition coefficient (Wildman–Crippen LogP) is -0.791. The molecule has 1 aromatic rings. The highest BCUT2D eigenvalue weighted by molar-refractivity contribution is 7.86. The van der Waals surface area contributed by atoms with Crippen LogP contribution in [-0.2, 0) is 23.3 Å². The summed E-state index contributed by atoms with van der Waals surface area (Å²) in [5.41, 5.74) is 0. The summed E-state index contributed by atoms with van der Waals surface area (Å²) in [6.07, 6.45) is 0. The molecule has 90 valence electrons. The number of nitrogens with zero attached hydrogens (tertiary/aromatic N) is 5. The monoisotopic (exact) mass is 245 g/mol. The Morgan fingerprint density at radius 1 is 1.25 bits per heavy atom. The van der Waals surface area contributed by atoms with E-state index in [1.54, 1.807) is 0 Å². The molecule has 0 spiro atoms. The third-order valence-electron chi connectivity index (χ3n) is 2.69. The Bertz CT molecular complexity index is 493. The Hall–Kier alpha value is -0.990. The summed E-state index contributed by atoms with van der Waals surface area (Å²) in [4.78, 5) is 0. The fourth-order valence-corrected chi connectivity index (χ4v) is 2.76. The first-order valence-corrected chi connectivity index (χ1v) is 6.39. The van der Waals surface area contributed by atoms with E-state index < -0.39 is 10.2 Å². The molecular formula is C8H15N5O2S. The lowest BCUT2D eigenvalue weighted by molar-refractivity contribution is 0.313. The molecule has 0 radical (unpaired) electrons. The summed E-state index contributed by atoms with van der Waals surface area (Å²) in [6.45, 7) is 3.24. The van der Waals surface area contributed by atoms with Crippen molar-refractivity contribution >= 4 is 10.2 Å². The average molecular weight is 245 g/mol. The third-order valence-corrected chi connectivity index (χ3v) is 4.58. The Kier molecular flexibility index (Phi) is 2.72. The molecule has 7 nitrogen and oxygen atoms in total. The van der Waals surface area contributed by atoms with Crippen LogP contribution in [0.5, 0.6) is 0 Å². The van der Waals surface area contributed by atoms with Gasteiger partial charge in [-0.3, -0.25) is 0 Å². The molecule has 0 bridgehead atoms. The fourth-order valence-electron chi connectivity index (χ4n) is 1.71. The van der Waals surface area contributed by atoms with E-state index in [0.29, 0.717) is 25.5 Å². The van der Waals surface area contributed by atoms with E-state index in [0.717, 1.165) is 5.82 Å². The van der Waals surface area contributed by atoms with E-state index in [2.05, 4.69) is 10.2 Å². The van der Waals surface area contributed by atoms with Crippen LogP contribution in [0.4, 0.5) is 0 Å². The Morgan fingerprint density at radius 3 is 2.56 bits per heavy atom. The van der Waals surface area contributed by atoms with Crippen LogP contribution in [0.15, 0.2) is 0 Å². The minimum absolute atomic E-state index is 0.293. The zero-order valence-corrected chi connectivity index (χ0v) is 10.4. The SMILES string of the molecule is Cc1nnc2n1CCN(S(=O)(=O)N(C)C)C2. The summed E-state index contributed by atoms with van der Waals surface area (Å²) < 4.78 is 28.4. The highest BCUT2D eigenvalue weighted by Crippen LogP contribution is 2.16. The number of hydrogen-bond acceptors (Lipinski definition) is 4. The van der Waals surface area contributed by atoms with Crippen LogP contribution in [0.1, 0.15) is 11.6 Å². The van der Waals surface area contributed by atoms with Crippen LogP contribution in [0.25, 0.3) is 0 Å². The van der Waals surface area contributed by atoms with Crippen molar-refractivity contribution in [1.29, 1.82) is 0 Å². The molecule has 0 unspecified atom stereocenters. The average Bonchev–Trinajstić information content (AvgIpc) is 2.60. The van der Waals surface area contributed by atoms with Crippen molar-refractivity contribution in [3.8, 4) is 0 Å². The maximum atomic E-state index is 11.9. The molecule has 0 saturated carbocycles. The Morgan fingerprint density at radius 2 is 1.94 bits per heavy atom. The lowest BCUT2D eigenvalue weighted by Gasteiger charge is -2.28. The summed E-state index contributed by atoms with van der Waals surface area (Å²) >= 11 is 0. The maximum Gasteiger partial charge on any atom is 0.281 e. The lowest BCUT2D eigenvalue weighted by atomic mass is 10.4. The van der Waals surface area contributed by atoms with Gasteiger partial charge in [-0.25, -0.2) is 0 Å². The van der Waals surface area contributed by atoms with Crippen molar-refractivity contribution in [2.24, 2.45) is 0 Å². The van der Waals surface area contributed by atoms with Crippen LogP contribution < -0.4 is 0 Å². The van der Waals surface area contributed by atoms with Gasteiger partial charge in [-0.15, -0.1) is 10.2 Å². The van der Waals surface area contributed by atoms with Gasteiger partial charge >= 0.3 is 0 Å². The van der Waals surface area contributed by atoms with Crippen molar-refractivity contribution in [3.05, 3.63) is 11.6 Å². The van der Waals surface area contributed by atoms with Crippen LogP contribution in [0.2, 0.25) is 0 Å². The second-order valence-corrected chi connectivity index (χ2v) is 6.08. The standard InChI is InChI=1S/C8H15N5O2S/c1-7-9-10-8-6-12(4-5-13(7)8)16(14,15)11(2)3/h4-6H2,1-3H3. The molecule has 1 aromatic heterocycles. The molecule has 0 aliphatic carbocycles. The fraction of sp³-hybridized carbons (Fsp3) is 0.750. The molecule has 1 aliphatic heterocycles. The topological polar surface area (TPSA) is 71.3 Å². The van der Waals surface area contributed by atoms with Crippen LogP contribution >= 0.6 is 0 Å². The van der Waals surface area contributed by atoms with Gasteiger partial charge in [0.15, 0.2) is 0 Å². The number of aromatic nitrogens is 3. The number of hydrogen-bond donors (Lipinski definition) is 0. The van der Waals surface area contributed by atoms with Crippen LogP contribution in [-0.4, -0.2) is 52.4 Å². The maximum absolute atomic E-state index is 11.9. The molecular weight excluding hydrogens is 230 g/mol. The molecule has 1 aliphatic rings. The highest BCUT2D eigenvalue weighted by atomic mass is 32.2. The van der Waals surface area contributed by atoms with E-state index in [-0.39, 0.29) is 0 Å². The highest BCUT2D eigenvalue weighted by Gasteiger charge is 2.29. The molecule has 8 heteroatoms. The normalized spacial score (nSPS) is 17.8. The first-order chi connectivity index (χ1) is 7.43. The van der Waals surface area contributed by atoms with Gasteiger partial charge in [0.1, 0.15) is 11.6 Å².